The number of nitrogens with zero attached hydrogens (tertiary/aromatic N) is 5. The first-order valence-electron chi connectivity index (χ1n) is 9.19. The van der Waals surface area contributed by atoms with Gasteiger partial charge in [0.1, 0.15) is 17.4 Å². The molecule has 0 saturated carbocycles. The van der Waals surface area contributed by atoms with Crippen molar-refractivity contribution in [2.24, 2.45) is 0 Å². The molecule has 2 heterocycles. The molecule has 2 aromatic heterocycles. The van der Waals surface area contributed by atoms with Crippen LogP contribution < -0.4 is 10.5 Å². The maximum atomic E-state index is 11.9. The van der Waals surface area contributed by atoms with Crippen LogP contribution in [0.1, 0.15) is 27.6 Å². The minimum atomic E-state index is -0.430. The third-order valence-electron chi connectivity index (χ3n) is 4.59. The van der Waals surface area contributed by atoms with E-state index in [0.29, 0.717) is 35.1 Å². The predicted octanol–water partition coefficient (Wildman–Crippen LogP) is 2.49. The number of carbonyl (C=O) groups excluding carboxylic acids is 1. The molecule has 9 nitrogen and oxygen atoms in total. The van der Waals surface area contributed by atoms with Crippen LogP contribution in [0.2, 0.25) is 0 Å². The van der Waals surface area contributed by atoms with Crippen molar-refractivity contribution in [2.75, 3.05) is 20.0 Å². The van der Waals surface area contributed by atoms with E-state index < -0.39 is 5.97 Å². The maximum absolute atomic E-state index is 11.9. The number of methoxy groups -OCH3 is 2. The van der Waals surface area contributed by atoms with Gasteiger partial charge in [0.05, 0.1) is 30.8 Å². The van der Waals surface area contributed by atoms with Crippen molar-refractivity contribution in [2.45, 2.75) is 13.3 Å². The lowest BCUT2D eigenvalue weighted by atomic mass is 10.1. The molecule has 0 fully saturated rings. The second-order valence-electron chi connectivity index (χ2n) is 6.63. The number of rotatable bonds is 5. The third kappa shape index (κ3) is 3.64. The van der Waals surface area contributed by atoms with Gasteiger partial charge >= 0.3 is 5.97 Å². The van der Waals surface area contributed by atoms with E-state index in [1.807, 2.05) is 28.8 Å². The lowest BCUT2D eigenvalue weighted by molar-refractivity contribution is 0.0601. The molecule has 0 radical (unpaired) electrons. The number of benzene rings is 2. The summed E-state index contributed by atoms with van der Waals surface area (Å²) in [6.45, 7) is 1.75. The molecule has 0 atom stereocenters. The Morgan fingerprint density at radius 3 is 2.63 bits per heavy atom. The van der Waals surface area contributed by atoms with Gasteiger partial charge in [-0.3, -0.25) is 4.57 Å². The van der Waals surface area contributed by atoms with E-state index in [1.165, 1.54) is 7.11 Å². The van der Waals surface area contributed by atoms with Gasteiger partial charge in [-0.25, -0.2) is 9.78 Å². The highest BCUT2D eigenvalue weighted by Crippen LogP contribution is 2.24. The Hall–Kier alpha value is -4.01. The first-order valence-corrected chi connectivity index (χ1v) is 9.19. The van der Waals surface area contributed by atoms with Crippen LogP contribution in [-0.4, -0.2) is 44.7 Å². The number of hydrogen-bond acceptors (Lipinski definition) is 8. The van der Waals surface area contributed by atoms with E-state index in [0.717, 1.165) is 16.8 Å². The fourth-order valence-corrected chi connectivity index (χ4v) is 3.27. The molecule has 0 saturated heterocycles. The molecule has 4 aromatic rings. The van der Waals surface area contributed by atoms with Crippen LogP contribution in [0.3, 0.4) is 0 Å². The SMILES string of the molecule is COC(=O)c1ccc2c(c1)nc(Cc1cccc(OC)c1)n2-c1nc(C)nc(N)n1. The van der Waals surface area contributed by atoms with E-state index in [-0.39, 0.29) is 5.95 Å². The zero-order valence-corrected chi connectivity index (χ0v) is 16.8. The molecule has 30 heavy (non-hydrogen) atoms. The van der Waals surface area contributed by atoms with Crippen LogP contribution >= 0.6 is 0 Å². The van der Waals surface area contributed by atoms with Crippen LogP contribution in [0.4, 0.5) is 5.95 Å². The number of anilines is 1. The summed E-state index contributed by atoms with van der Waals surface area (Å²) < 4.78 is 12.0. The number of aryl methyl sites for hydroxylation is 1. The van der Waals surface area contributed by atoms with E-state index in [2.05, 4.69) is 15.0 Å². The molecule has 2 aromatic carbocycles. The molecule has 0 aliphatic heterocycles. The Kier molecular flexibility index (Phi) is 5.01. The molecule has 0 amide bonds. The van der Waals surface area contributed by atoms with Gasteiger partial charge in [-0.05, 0) is 42.8 Å². The highest BCUT2D eigenvalue weighted by Gasteiger charge is 2.18. The number of imidazole rings is 1. The Balaban J connectivity index is 1.91. The Morgan fingerprint density at radius 2 is 1.90 bits per heavy atom. The van der Waals surface area contributed by atoms with Gasteiger partial charge in [-0.15, -0.1) is 0 Å². The van der Waals surface area contributed by atoms with Gasteiger partial charge in [0.2, 0.25) is 11.9 Å². The summed E-state index contributed by atoms with van der Waals surface area (Å²) in [6.07, 6.45) is 0.490. The number of esters is 1. The monoisotopic (exact) mass is 404 g/mol. The molecule has 0 spiro atoms. The average molecular weight is 404 g/mol. The lowest BCUT2D eigenvalue weighted by Gasteiger charge is -2.09. The van der Waals surface area contributed by atoms with Crippen molar-refractivity contribution in [1.82, 2.24) is 24.5 Å². The van der Waals surface area contributed by atoms with E-state index in [4.69, 9.17) is 20.2 Å². The van der Waals surface area contributed by atoms with E-state index in [1.54, 1.807) is 32.2 Å². The summed E-state index contributed by atoms with van der Waals surface area (Å²) in [6, 6.07) is 12.9. The van der Waals surface area contributed by atoms with Gasteiger partial charge < -0.3 is 15.2 Å². The first kappa shape index (κ1) is 19.3. The summed E-state index contributed by atoms with van der Waals surface area (Å²) in [5.41, 5.74) is 8.63. The molecule has 9 heteroatoms. The molecule has 2 N–H and O–H groups in total. The highest BCUT2D eigenvalue weighted by molar-refractivity contribution is 5.94. The Morgan fingerprint density at radius 1 is 1.07 bits per heavy atom. The summed E-state index contributed by atoms with van der Waals surface area (Å²) in [5, 5.41) is 0. The summed E-state index contributed by atoms with van der Waals surface area (Å²) in [4.78, 5) is 29.5. The lowest BCUT2D eigenvalue weighted by Crippen LogP contribution is -2.10. The molecular formula is C21H20N6O3. The highest BCUT2D eigenvalue weighted by atomic mass is 16.5. The molecule has 4 rings (SSSR count). The fourth-order valence-electron chi connectivity index (χ4n) is 3.27. The smallest absolute Gasteiger partial charge is 0.337 e. The molecule has 0 aliphatic carbocycles. The van der Waals surface area contributed by atoms with Crippen LogP contribution in [0.15, 0.2) is 42.5 Å². The Bertz CT molecular complexity index is 1230. The van der Waals surface area contributed by atoms with Gasteiger partial charge in [-0.2, -0.15) is 15.0 Å². The quantitative estimate of drug-likeness (QED) is 0.504. The number of fused-ring (bicyclic) bond motifs is 1. The molecule has 0 aliphatic rings. The summed E-state index contributed by atoms with van der Waals surface area (Å²) in [7, 11) is 2.97. The minimum absolute atomic E-state index is 0.123. The first-order chi connectivity index (χ1) is 14.5. The van der Waals surface area contributed by atoms with Crippen LogP contribution in [0.5, 0.6) is 5.75 Å². The predicted molar refractivity (Wildman–Crippen MR) is 111 cm³/mol. The average Bonchev–Trinajstić information content (AvgIpc) is 3.09. The molecule has 152 valence electrons. The zero-order valence-electron chi connectivity index (χ0n) is 16.8. The van der Waals surface area contributed by atoms with Crippen molar-refractivity contribution >= 4 is 23.0 Å². The van der Waals surface area contributed by atoms with Gasteiger partial charge in [0.15, 0.2) is 0 Å². The van der Waals surface area contributed by atoms with E-state index >= 15 is 0 Å². The van der Waals surface area contributed by atoms with E-state index in [9.17, 15) is 4.79 Å². The molecule has 0 unspecified atom stereocenters. The van der Waals surface area contributed by atoms with Gasteiger partial charge in [0, 0.05) is 6.42 Å². The van der Waals surface area contributed by atoms with Gasteiger partial charge in [0.25, 0.3) is 0 Å². The second-order valence-corrected chi connectivity index (χ2v) is 6.63. The number of nitrogens with two attached hydrogens (primary N) is 1. The summed E-state index contributed by atoms with van der Waals surface area (Å²) >= 11 is 0. The number of aromatic nitrogens is 5. The largest absolute Gasteiger partial charge is 0.497 e. The number of nitrogen functional groups attached to an aromatic ring is 1. The molecular weight excluding hydrogens is 384 g/mol. The van der Waals surface area contributed by atoms with Crippen molar-refractivity contribution in [1.29, 1.82) is 0 Å². The van der Waals surface area contributed by atoms with Crippen molar-refractivity contribution < 1.29 is 14.3 Å². The topological polar surface area (TPSA) is 118 Å². The fraction of sp³-hybridized carbons (Fsp3) is 0.190. The van der Waals surface area contributed by atoms with Crippen LogP contribution in [0, 0.1) is 6.92 Å². The van der Waals surface area contributed by atoms with Crippen molar-refractivity contribution in [3.63, 3.8) is 0 Å². The number of hydrogen-bond donors (Lipinski definition) is 1. The normalized spacial score (nSPS) is 10.9. The molecule has 0 bridgehead atoms. The zero-order chi connectivity index (χ0) is 21.3. The second kappa shape index (κ2) is 7.78. The standard InChI is InChI=1S/C21H20N6O3/c1-12-23-20(22)26-21(24-12)27-17-8-7-14(19(28)30-3)11-16(17)25-18(27)10-13-5-4-6-15(9-13)29-2/h4-9,11H,10H2,1-3H3,(H2,22,23,24,26). The summed E-state index contributed by atoms with van der Waals surface area (Å²) in [5.74, 6) is 2.00. The number of carbonyl (C=O) groups is 1. The van der Waals surface area contributed by atoms with Crippen molar-refractivity contribution in [3.05, 3.63) is 65.2 Å². The van der Waals surface area contributed by atoms with Gasteiger partial charge in [-0.1, -0.05) is 12.1 Å². The van der Waals surface area contributed by atoms with Crippen molar-refractivity contribution in [3.8, 4) is 11.7 Å². The maximum Gasteiger partial charge on any atom is 0.337 e. The Labute approximate surface area is 172 Å². The van der Waals surface area contributed by atoms with Crippen LogP contribution in [-0.2, 0) is 11.2 Å². The minimum Gasteiger partial charge on any atom is -0.497 e. The number of ether oxygens (including phenoxy) is 2. The third-order valence-corrected chi connectivity index (χ3v) is 4.59. The van der Waals surface area contributed by atoms with Crippen LogP contribution in [0.25, 0.3) is 17.0 Å².